The first-order valence-corrected chi connectivity index (χ1v) is 8.70. The maximum absolute atomic E-state index is 12.0. The molecule has 0 unspecified atom stereocenters. The van der Waals surface area contributed by atoms with E-state index in [1.807, 2.05) is 0 Å². The van der Waals surface area contributed by atoms with Crippen LogP contribution in [0, 0.1) is 0 Å². The van der Waals surface area contributed by atoms with Crippen molar-refractivity contribution in [2.24, 2.45) is 0 Å². The molecule has 0 bridgehead atoms. The molecule has 13 heteroatoms. The van der Waals surface area contributed by atoms with Crippen LogP contribution < -0.4 is 4.84 Å². The van der Waals surface area contributed by atoms with Crippen LogP contribution in [0.1, 0.15) is 10.4 Å². The first-order valence-electron chi connectivity index (χ1n) is 5.82. The van der Waals surface area contributed by atoms with Crippen molar-refractivity contribution >= 4 is 26.2 Å². The Kier molecular flexibility index (Phi) is 4.28. The summed E-state index contributed by atoms with van der Waals surface area (Å²) in [6.07, 6.45) is 0. The average Bonchev–Trinajstić information content (AvgIpc) is 2.76. The van der Waals surface area contributed by atoms with Crippen LogP contribution in [0.4, 0.5) is 0 Å². The normalized spacial score (nSPS) is 12.1. The van der Waals surface area contributed by atoms with E-state index >= 15 is 0 Å². The molecule has 0 saturated heterocycles. The summed E-state index contributed by atoms with van der Waals surface area (Å²) < 4.78 is 62.9. The molecule has 0 atom stereocenters. The van der Waals surface area contributed by atoms with Gasteiger partial charge in [0.25, 0.3) is 20.2 Å². The second-order valence-corrected chi connectivity index (χ2v) is 7.21. The van der Waals surface area contributed by atoms with Gasteiger partial charge in [0.1, 0.15) is 0 Å². The summed E-state index contributed by atoms with van der Waals surface area (Å²) in [5.41, 5.74) is -0.703. The Labute approximate surface area is 134 Å². The molecule has 2 rings (SSSR count). The third kappa shape index (κ3) is 3.65. The number of hydrogen-bond donors (Lipinski definition) is 4. The average molecular weight is 379 g/mol. The number of aromatic hydroxyl groups is 2. The molecule has 2 aromatic rings. The second-order valence-electron chi connectivity index (χ2n) is 4.37. The highest BCUT2D eigenvalue weighted by atomic mass is 32.2. The Balaban J connectivity index is 2.55. The van der Waals surface area contributed by atoms with Crippen molar-refractivity contribution in [1.29, 1.82) is 0 Å². The van der Waals surface area contributed by atoms with E-state index in [-0.39, 0.29) is 4.73 Å². The maximum atomic E-state index is 12.0. The lowest BCUT2D eigenvalue weighted by Crippen LogP contribution is -2.20. The Bertz CT molecular complexity index is 949. The molecule has 24 heavy (non-hydrogen) atoms. The third-order valence-electron chi connectivity index (χ3n) is 2.68. The van der Waals surface area contributed by atoms with Gasteiger partial charge in [0.2, 0.25) is 11.8 Å². The summed E-state index contributed by atoms with van der Waals surface area (Å²) in [5, 5.41) is 18.7. The molecule has 0 aliphatic rings. The van der Waals surface area contributed by atoms with E-state index in [9.17, 15) is 31.8 Å². The molecule has 130 valence electrons. The molecule has 0 aliphatic carbocycles. The standard InChI is InChI=1S/C11H9NO10S2/c13-9-1-2-10(14)12(9)22-11(15)6-3-7(23(16,17)18)5-8(4-6)24(19,20)21/h1-5,13-14H,(H,16,17,18)(H,19,20,21). The highest BCUT2D eigenvalue weighted by Crippen LogP contribution is 2.22. The zero-order valence-electron chi connectivity index (χ0n) is 11.4. The van der Waals surface area contributed by atoms with E-state index in [1.165, 1.54) is 0 Å². The minimum atomic E-state index is -4.91. The first kappa shape index (κ1) is 17.7. The maximum Gasteiger partial charge on any atom is 0.364 e. The molecular weight excluding hydrogens is 370 g/mol. The van der Waals surface area contributed by atoms with Crippen LogP contribution in [0.15, 0.2) is 40.1 Å². The van der Waals surface area contributed by atoms with Gasteiger partial charge in [-0.1, -0.05) is 0 Å². The molecule has 0 spiro atoms. The van der Waals surface area contributed by atoms with Crippen LogP contribution in [-0.4, -0.2) is 46.9 Å². The van der Waals surface area contributed by atoms with Crippen LogP contribution in [0.25, 0.3) is 0 Å². The van der Waals surface area contributed by atoms with Crippen molar-refractivity contribution in [2.45, 2.75) is 9.79 Å². The van der Waals surface area contributed by atoms with Gasteiger partial charge in [-0.05, 0) is 18.2 Å². The smallest absolute Gasteiger partial charge is 0.364 e. The summed E-state index contributed by atoms with van der Waals surface area (Å²) in [6, 6.07) is 3.52. The van der Waals surface area contributed by atoms with Gasteiger partial charge in [-0.25, -0.2) is 4.79 Å². The number of benzene rings is 1. The molecule has 1 heterocycles. The highest BCUT2D eigenvalue weighted by Gasteiger charge is 2.22. The number of rotatable bonds is 4. The Morgan fingerprint density at radius 2 is 1.29 bits per heavy atom. The van der Waals surface area contributed by atoms with Gasteiger partial charge in [0.15, 0.2) is 0 Å². The zero-order chi connectivity index (χ0) is 18.3. The van der Waals surface area contributed by atoms with Crippen LogP contribution in [0.3, 0.4) is 0 Å². The predicted octanol–water partition coefficient (Wildman–Crippen LogP) is -0.338. The molecule has 0 amide bonds. The summed E-state index contributed by atoms with van der Waals surface area (Å²) in [4.78, 5) is 14.5. The van der Waals surface area contributed by atoms with Gasteiger partial charge in [-0.15, -0.1) is 4.73 Å². The van der Waals surface area contributed by atoms with Crippen LogP contribution in [0.5, 0.6) is 11.8 Å². The molecule has 11 nitrogen and oxygen atoms in total. The molecule has 0 radical (unpaired) electrons. The van der Waals surface area contributed by atoms with Crippen molar-refractivity contribution < 1.29 is 45.8 Å². The summed E-state index contributed by atoms with van der Waals surface area (Å²) in [6.45, 7) is 0. The van der Waals surface area contributed by atoms with Gasteiger partial charge >= 0.3 is 5.97 Å². The molecule has 4 N–H and O–H groups in total. The zero-order valence-corrected chi connectivity index (χ0v) is 13.0. The van der Waals surface area contributed by atoms with E-state index in [2.05, 4.69) is 4.84 Å². The van der Waals surface area contributed by atoms with Crippen molar-refractivity contribution in [1.82, 2.24) is 4.73 Å². The second kappa shape index (κ2) is 5.79. The summed E-state index contributed by atoms with van der Waals surface area (Å²) in [5.74, 6) is -2.75. The fraction of sp³-hybridized carbons (Fsp3) is 0. The molecule has 1 aromatic heterocycles. The molecule has 0 saturated carbocycles. The van der Waals surface area contributed by atoms with Crippen LogP contribution in [-0.2, 0) is 20.2 Å². The fourth-order valence-corrected chi connectivity index (χ4v) is 2.80. The van der Waals surface area contributed by atoms with E-state index in [4.69, 9.17) is 9.11 Å². The van der Waals surface area contributed by atoms with Crippen LogP contribution in [0.2, 0.25) is 0 Å². The van der Waals surface area contributed by atoms with Crippen molar-refractivity contribution in [2.75, 3.05) is 0 Å². The largest absolute Gasteiger partial charge is 0.492 e. The van der Waals surface area contributed by atoms with E-state index in [1.54, 1.807) is 0 Å². The van der Waals surface area contributed by atoms with Gasteiger partial charge in [-0.3, -0.25) is 9.11 Å². The van der Waals surface area contributed by atoms with Gasteiger partial charge < -0.3 is 15.1 Å². The topological polar surface area (TPSA) is 180 Å². The fourth-order valence-electron chi connectivity index (χ4n) is 1.62. The van der Waals surface area contributed by atoms with Crippen molar-refractivity contribution in [3.63, 3.8) is 0 Å². The van der Waals surface area contributed by atoms with Crippen LogP contribution >= 0.6 is 0 Å². The minimum absolute atomic E-state index is 0.273. The number of carbonyl (C=O) groups is 1. The first-order chi connectivity index (χ1) is 10.9. The number of nitrogens with zero attached hydrogens (tertiary/aromatic N) is 1. The van der Waals surface area contributed by atoms with Gasteiger partial charge in [-0.2, -0.15) is 16.8 Å². The highest BCUT2D eigenvalue weighted by molar-refractivity contribution is 7.86. The van der Waals surface area contributed by atoms with E-state index < -0.39 is 53.3 Å². The molecule has 1 aromatic carbocycles. The van der Waals surface area contributed by atoms with E-state index in [0.717, 1.165) is 12.1 Å². The lowest BCUT2D eigenvalue weighted by atomic mass is 10.2. The van der Waals surface area contributed by atoms with Gasteiger partial charge in [0, 0.05) is 12.1 Å². The molecular formula is C11H9NO10S2. The third-order valence-corrected chi connectivity index (χ3v) is 4.35. The monoisotopic (exact) mass is 379 g/mol. The molecule has 0 aliphatic heterocycles. The summed E-state index contributed by atoms with van der Waals surface area (Å²) >= 11 is 0. The van der Waals surface area contributed by atoms with Crippen molar-refractivity contribution in [3.8, 4) is 11.8 Å². The number of carbonyl (C=O) groups excluding carboxylic acids is 1. The molecule has 0 fully saturated rings. The van der Waals surface area contributed by atoms with Gasteiger partial charge in [0.05, 0.1) is 15.4 Å². The van der Waals surface area contributed by atoms with Crippen molar-refractivity contribution in [3.05, 3.63) is 35.9 Å². The quantitative estimate of drug-likeness (QED) is 0.513. The summed E-state index contributed by atoms with van der Waals surface area (Å²) in [7, 11) is -9.82. The lowest BCUT2D eigenvalue weighted by molar-refractivity contribution is 0.0381. The SMILES string of the molecule is O=C(On1c(O)ccc1O)c1cc(S(=O)(=O)O)cc(S(=O)(=O)O)c1. The Morgan fingerprint density at radius 3 is 1.67 bits per heavy atom. The Morgan fingerprint density at radius 1 is 0.875 bits per heavy atom. The minimum Gasteiger partial charge on any atom is -0.492 e. The lowest BCUT2D eigenvalue weighted by Gasteiger charge is -2.09. The van der Waals surface area contributed by atoms with E-state index in [0.29, 0.717) is 18.2 Å². The number of hydrogen-bond acceptors (Lipinski definition) is 8. The number of aromatic nitrogens is 1. The predicted molar refractivity (Wildman–Crippen MR) is 74.7 cm³/mol. The Hall–Kier alpha value is -2.61.